The fraction of sp³-hybridized carbons (Fsp3) is 0.750. The summed E-state index contributed by atoms with van der Waals surface area (Å²) in [4.78, 5) is 37.9. The smallest absolute Gasteiger partial charge is 0.332 e. The molecule has 1 unspecified atom stereocenters. The molecule has 1 aliphatic carbocycles. The zero-order valence-corrected chi connectivity index (χ0v) is 18.1. The molecule has 1 saturated carbocycles. The molecular formula is C20H32O4Si. The molecule has 0 amide bonds. The normalized spacial score (nSPS) is 23.2. The van der Waals surface area contributed by atoms with E-state index in [-0.39, 0.29) is 12.2 Å². The van der Waals surface area contributed by atoms with Crippen LogP contribution < -0.4 is 0 Å². The van der Waals surface area contributed by atoms with Crippen LogP contribution in [0.4, 0.5) is 0 Å². The zero-order valence-electron chi connectivity index (χ0n) is 17.1. The minimum atomic E-state index is -2.13. The largest absolute Gasteiger partial charge is 0.468 e. The summed E-state index contributed by atoms with van der Waals surface area (Å²) >= 11 is 0. The summed E-state index contributed by atoms with van der Waals surface area (Å²) in [7, 11) is -0.888. The van der Waals surface area contributed by atoms with Crippen LogP contribution in [0.3, 0.4) is 0 Å². The molecule has 0 heterocycles. The maximum Gasteiger partial charge on any atom is 0.332 e. The first-order valence-electron chi connectivity index (χ1n) is 9.01. The number of carbonyl (C=O) groups is 3. The molecule has 1 rings (SSSR count). The quantitative estimate of drug-likeness (QED) is 0.328. The van der Waals surface area contributed by atoms with Gasteiger partial charge in [-0.1, -0.05) is 47.5 Å². The van der Waals surface area contributed by atoms with Gasteiger partial charge in [0.25, 0.3) is 0 Å². The molecule has 0 bridgehead atoms. The van der Waals surface area contributed by atoms with E-state index in [0.29, 0.717) is 16.6 Å². The molecule has 0 aliphatic heterocycles. The number of hydrogen-bond acceptors (Lipinski definition) is 4. The second kappa shape index (κ2) is 7.07. The van der Waals surface area contributed by atoms with Crippen molar-refractivity contribution in [2.75, 3.05) is 7.11 Å². The van der Waals surface area contributed by atoms with E-state index >= 15 is 0 Å². The van der Waals surface area contributed by atoms with Crippen molar-refractivity contribution in [2.24, 2.45) is 10.8 Å². The molecule has 0 N–H and O–H groups in total. The van der Waals surface area contributed by atoms with E-state index in [4.69, 9.17) is 4.74 Å². The first-order chi connectivity index (χ1) is 11.3. The second-order valence-electron chi connectivity index (χ2n) is 8.60. The summed E-state index contributed by atoms with van der Waals surface area (Å²) in [5.74, 6) is 1.65. The lowest BCUT2D eigenvalue weighted by Crippen LogP contribution is -2.45. The fourth-order valence-electron chi connectivity index (χ4n) is 4.34. The van der Waals surface area contributed by atoms with Gasteiger partial charge < -0.3 is 4.74 Å². The summed E-state index contributed by atoms with van der Waals surface area (Å²) in [5.41, 5.74) is 1.70. The van der Waals surface area contributed by atoms with E-state index in [2.05, 4.69) is 53.0 Å². The topological polar surface area (TPSA) is 60.4 Å². The van der Waals surface area contributed by atoms with Crippen molar-refractivity contribution in [3.05, 3.63) is 0 Å². The van der Waals surface area contributed by atoms with Crippen molar-refractivity contribution >= 4 is 25.6 Å². The predicted octanol–water partition coefficient (Wildman–Crippen LogP) is 3.94. The number of ether oxygens (including phenoxy) is 1. The van der Waals surface area contributed by atoms with Gasteiger partial charge in [0.15, 0.2) is 11.2 Å². The first kappa shape index (κ1) is 21.6. The number of Topliss-reactive ketones (excluding diaryl/α,β-unsaturated/α-hetero) is 2. The van der Waals surface area contributed by atoms with E-state index in [1.165, 1.54) is 7.11 Å². The lowest BCUT2D eigenvalue weighted by molar-refractivity contribution is -0.154. The van der Waals surface area contributed by atoms with Crippen molar-refractivity contribution in [1.29, 1.82) is 0 Å². The summed E-state index contributed by atoms with van der Waals surface area (Å²) in [5, 5.41) is 0. The number of ketones is 2. The van der Waals surface area contributed by atoms with E-state index in [9.17, 15) is 14.4 Å². The van der Waals surface area contributed by atoms with E-state index in [1.807, 2.05) is 0 Å². The number of hydrogen-bond donors (Lipinski definition) is 0. The van der Waals surface area contributed by atoms with E-state index < -0.39 is 30.7 Å². The van der Waals surface area contributed by atoms with Crippen molar-refractivity contribution in [1.82, 2.24) is 0 Å². The van der Waals surface area contributed by atoms with Crippen LogP contribution >= 0.6 is 0 Å². The van der Waals surface area contributed by atoms with Crippen molar-refractivity contribution in [3.63, 3.8) is 0 Å². The molecule has 0 radical (unpaired) electrons. The minimum absolute atomic E-state index is 0.183. The average molecular weight is 365 g/mol. The lowest BCUT2D eigenvalue weighted by atomic mass is 9.80. The molecule has 0 saturated heterocycles. The average Bonchev–Trinajstić information content (AvgIpc) is 2.67. The molecule has 0 aromatic heterocycles. The third-order valence-corrected chi connectivity index (χ3v) is 12.3. The summed E-state index contributed by atoms with van der Waals surface area (Å²) in [6.07, 6.45) is -0.183. The number of carbonyl (C=O) groups excluding carboxylic acids is 3. The van der Waals surface area contributed by atoms with E-state index in [1.54, 1.807) is 13.8 Å². The summed E-state index contributed by atoms with van der Waals surface area (Å²) < 4.78 is 4.90. The van der Waals surface area contributed by atoms with Gasteiger partial charge in [-0.3, -0.25) is 9.59 Å². The van der Waals surface area contributed by atoms with Gasteiger partial charge in [0.1, 0.15) is 13.9 Å². The Kier molecular flexibility index (Phi) is 6.12. The molecule has 1 fully saturated rings. The van der Waals surface area contributed by atoms with Crippen LogP contribution in [0.15, 0.2) is 0 Å². The highest BCUT2D eigenvalue weighted by molar-refractivity contribution is 6.90. The van der Waals surface area contributed by atoms with Crippen LogP contribution in [0, 0.1) is 22.3 Å². The second-order valence-corrected chi connectivity index (χ2v) is 14.2. The maximum absolute atomic E-state index is 13.0. The van der Waals surface area contributed by atoms with Crippen LogP contribution in [-0.4, -0.2) is 32.7 Å². The monoisotopic (exact) mass is 364 g/mol. The van der Waals surface area contributed by atoms with Gasteiger partial charge in [-0.25, -0.2) is 4.79 Å². The van der Waals surface area contributed by atoms with Crippen LogP contribution in [0.2, 0.25) is 16.6 Å². The Hall–Kier alpha value is -1.41. The zero-order chi connectivity index (χ0) is 19.8. The Morgan fingerprint density at radius 3 is 1.76 bits per heavy atom. The Labute approximate surface area is 153 Å². The lowest BCUT2D eigenvalue weighted by Gasteiger charge is -2.38. The number of methoxy groups -OCH3 is 1. The maximum atomic E-state index is 13.0. The van der Waals surface area contributed by atoms with Gasteiger partial charge in [0.05, 0.1) is 12.5 Å². The molecule has 140 valence electrons. The molecule has 1 atom stereocenters. The van der Waals surface area contributed by atoms with Crippen LogP contribution in [0.5, 0.6) is 0 Å². The fourth-order valence-corrected chi connectivity index (χ4v) is 9.64. The van der Waals surface area contributed by atoms with E-state index in [0.717, 1.165) is 0 Å². The number of esters is 1. The Morgan fingerprint density at radius 2 is 1.48 bits per heavy atom. The summed E-state index contributed by atoms with van der Waals surface area (Å²) in [6, 6.07) is 0. The highest BCUT2D eigenvalue weighted by atomic mass is 28.3. The van der Waals surface area contributed by atoms with Crippen molar-refractivity contribution < 1.29 is 19.1 Å². The Balaban J connectivity index is 3.65. The third kappa shape index (κ3) is 3.21. The standard InChI is InChI=1S/C20H32O4Si/c1-13(2)25(14(3)4,15(5)6)11-10-20(18(23)24-9)12-16(21)19(7,8)17(20)22/h13-15H,12H2,1-9H3. The Bertz CT molecular complexity index is 612. The Morgan fingerprint density at radius 1 is 1.04 bits per heavy atom. The predicted molar refractivity (Wildman–Crippen MR) is 102 cm³/mol. The molecule has 4 nitrogen and oxygen atoms in total. The van der Waals surface area contributed by atoms with Crippen LogP contribution in [-0.2, 0) is 19.1 Å². The van der Waals surface area contributed by atoms with Crippen LogP contribution in [0.1, 0.15) is 61.8 Å². The highest BCUT2D eigenvalue weighted by Gasteiger charge is 2.62. The van der Waals surface area contributed by atoms with Crippen molar-refractivity contribution in [2.45, 2.75) is 78.4 Å². The molecular weight excluding hydrogens is 332 g/mol. The summed E-state index contributed by atoms with van der Waals surface area (Å²) in [6.45, 7) is 16.1. The minimum Gasteiger partial charge on any atom is -0.468 e. The molecule has 5 heteroatoms. The molecule has 0 aromatic rings. The third-order valence-electron chi connectivity index (χ3n) is 5.97. The van der Waals surface area contributed by atoms with Crippen LogP contribution in [0.25, 0.3) is 0 Å². The first-order valence-corrected chi connectivity index (χ1v) is 11.2. The van der Waals surface area contributed by atoms with Gasteiger partial charge in [-0.05, 0) is 30.5 Å². The van der Waals surface area contributed by atoms with Crippen molar-refractivity contribution in [3.8, 4) is 11.5 Å². The molecule has 0 spiro atoms. The highest BCUT2D eigenvalue weighted by Crippen LogP contribution is 2.45. The molecule has 0 aromatic carbocycles. The van der Waals surface area contributed by atoms with Gasteiger partial charge in [0.2, 0.25) is 0 Å². The number of rotatable bonds is 4. The van der Waals surface area contributed by atoms with Gasteiger partial charge in [0, 0.05) is 6.42 Å². The SMILES string of the molecule is COC(=O)C1(C#C[Si](C(C)C)(C(C)C)C(C)C)CC(=O)C(C)(C)C1=O. The van der Waals surface area contributed by atoms with Gasteiger partial charge in [-0.2, -0.15) is 0 Å². The van der Waals surface area contributed by atoms with Gasteiger partial charge in [-0.15, -0.1) is 5.54 Å². The molecule has 25 heavy (non-hydrogen) atoms. The van der Waals surface area contributed by atoms with Gasteiger partial charge >= 0.3 is 5.97 Å². The molecule has 1 aliphatic rings.